The first-order valence-electron chi connectivity index (χ1n) is 8.62. The van der Waals surface area contributed by atoms with Crippen LogP contribution in [0.25, 0.3) is 0 Å². The van der Waals surface area contributed by atoms with Crippen LogP contribution in [-0.2, 0) is 16.0 Å². The van der Waals surface area contributed by atoms with Crippen LogP contribution in [-0.4, -0.2) is 43.7 Å². The van der Waals surface area contributed by atoms with Gasteiger partial charge in [0.05, 0.1) is 25.7 Å². The molecule has 1 fully saturated rings. The summed E-state index contributed by atoms with van der Waals surface area (Å²) in [4.78, 5) is 14.6. The number of furan rings is 1. The van der Waals surface area contributed by atoms with Crippen LogP contribution in [0.15, 0.2) is 34.7 Å². The van der Waals surface area contributed by atoms with E-state index in [-0.39, 0.29) is 29.0 Å². The maximum Gasteiger partial charge on any atom is 0.224 e. The van der Waals surface area contributed by atoms with E-state index in [1.807, 2.05) is 19.1 Å². The fourth-order valence-corrected chi connectivity index (χ4v) is 3.30. The van der Waals surface area contributed by atoms with Crippen LogP contribution in [0.5, 0.6) is 0 Å². The molecule has 1 aliphatic rings. The largest absolute Gasteiger partial charge is 0.465 e. The van der Waals surface area contributed by atoms with Gasteiger partial charge in [0.25, 0.3) is 0 Å². The highest BCUT2D eigenvalue weighted by atomic mass is 35.5. The number of aryl methyl sites for hydroxylation is 1. The molecule has 1 aromatic heterocycles. The van der Waals surface area contributed by atoms with Gasteiger partial charge >= 0.3 is 0 Å². The maximum atomic E-state index is 13.9. The minimum atomic E-state index is -0.473. The van der Waals surface area contributed by atoms with Gasteiger partial charge in [-0.05, 0) is 31.2 Å². The third-order valence-corrected chi connectivity index (χ3v) is 4.82. The molecule has 1 aromatic carbocycles. The molecule has 0 radical (unpaired) electrons. The van der Waals surface area contributed by atoms with E-state index < -0.39 is 5.82 Å². The SMILES string of the molecule is Cc1ccc(C(CNC(=O)Cc2c(F)cccc2Cl)N2CCOCC2)o1. The quantitative estimate of drug-likeness (QED) is 0.836. The molecular weight excluding hydrogens is 359 g/mol. The van der Waals surface area contributed by atoms with Gasteiger partial charge in [-0.25, -0.2) is 4.39 Å². The monoisotopic (exact) mass is 380 g/mol. The van der Waals surface area contributed by atoms with Crippen LogP contribution in [0.1, 0.15) is 23.1 Å². The average molecular weight is 381 g/mol. The Bertz CT molecular complexity index is 739. The van der Waals surface area contributed by atoms with Gasteiger partial charge < -0.3 is 14.5 Å². The third-order valence-electron chi connectivity index (χ3n) is 4.47. The molecule has 2 aromatic rings. The van der Waals surface area contributed by atoms with E-state index in [0.29, 0.717) is 19.8 Å². The number of morpholine rings is 1. The highest BCUT2D eigenvalue weighted by molar-refractivity contribution is 6.31. The molecule has 0 spiro atoms. The van der Waals surface area contributed by atoms with Crippen molar-refractivity contribution in [3.05, 3.63) is 58.3 Å². The summed E-state index contributed by atoms with van der Waals surface area (Å²) in [6.07, 6.45) is -0.0987. The molecule has 3 rings (SSSR count). The van der Waals surface area contributed by atoms with Crippen LogP contribution < -0.4 is 5.32 Å². The highest BCUT2D eigenvalue weighted by Crippen LogP contribution is 2.24. The first kappa shape index (κ1) is 18.9. The van der Waals surface area contributed by atoms with Crippen molar-refractivity contribution in [2.24, 2.45) is 0 Å². The topological polar surface area (TPSA) is 54.7 Å². The molecule has 0 aliphatic carbocycles. The molecule has 1 saturated heterocycles. The molecule has 7 heteroatoms. The van der Waals surface area contributed by atoms with Crippen LogP contribution in [0.2, 0.25) is 5.02 Å². The fraction of sp³-hybridized carbons (Fsp3) is 0.421. The van der Waals surface area contributed by atoms with Gasteiger partial charge in [-0.15, -0.1) is 0 Å². The Morgan fingerprint density at radius 2 is 2.08 bits per heavy atom. The summed E-state index contributed by atoms with van der Waals surface area (Å²) in [5.74, 6) is 0.869. The Hall–Kier alpha value is -1.89. The number of amides is 1. The van der Waals surface area contributed by atoms with Crippen LogP contribution in [0.3, 0.4) is 0 Å². The van der Waals surface area contributed by atoms with E-state index in [4.69, 9.17) is 20.8 Å². The predicted molar refractivity (Wildman–Crippen MR) is 96.7 cm³/mol. The molecule has 1 amide bonds. The molecule has 5 nitrogen and oxygen atoms in total. The Balaban J connectivity index is 1.66. The normalized spacial score (nSPS) is 16.4. The number of hydrogen-bond donors (Lipinski definition) is 1. The lowest BCUT2D eigenvalue weighted by Gasteiger charge is -2.33. The molecule has 0 bridgehead atoms. The van der Waals surface area contributed by atoms with Gasteiger partial charge in [-0.2, -0.15) is 0 Å². The number of hydrogen-bond acceptors (Lipinski definition) is 4. The first-order valence-corrected chi connectivity index (χ1v) is 9.00. The second-order valence-corrected chi connectivity index (χ2v) is 6.70. The lowest BCUT2D eigenvalue weighted by Crippen LogP contribution is -2.44. The Labute approximate surface area is 157 Å². The van der Waals surface area contributed by atoms with Crippen LogP contribution in [0, 0.1) is 12.7 Å². The molecule has 1 unspecified atom stereocenters. The molecule has 0 saturated carbocycles. The van der Waals surface area contributed by atoms with Crippen molar-refractivity contribution in [1.29, 1.82) is 0 Å². The van der Waals surface area contributed by atoms with Crippen LogP contribution >= 0.6 is 11.6 Å². The van der Waals surface area contributed by atoms with E-state index in [1.54, 1.807) is 6.07 Å². The summed E-state index contributed by atoms with van der Waals surface area (Å²) in [6, 6.07) is 8.14. The van der Waals surface area contributed by atoms with E-state index >= 15 is 0 Å². The van der Waals surface area contributed by atoms with Crippen molar-refractivity contribution in [3.63, 3.8) is 0 Å². The van der Waals surface area contributed by atoms with Crippen molar-refractivity contribution in [1.82, 2.24) is 10.2 Å². The van der Waals surface area contributed by atoms with Crippen molar-refractivity contribution in [2.45, 2.75) is 19.4 Å². The number of ether oxygens (including phenoxy) is 1. The molecule has 1 N–H and O–H groups in total. The summed E-state index contributed by atoms with van der Waals surface area (Å²) in [5, 5.41) is 3.14. The number of nitrogens with zero attached hydrogens (tertiary/aromatic N) is 1. The Morgan fingerprint density at radius 1 is 1.31 bits per heavy atom. The second-order valence-electron chi connectivity index (χ2n) is 6.29. The molecule has 2 heterocycles. The average Bonchev–Trinajstić information content (AvgIpc) is 3.05. The van der Waals surface area contributed by atoms with E-state index in [0.717, 1.165) is 24.6 Å². The zero-order valence-corrected chi connectivity index (χ0v) is 15.4. The van der Waals surface area contributed by atoms with E-state index in [9.17, 15) is 9.18 Å². The van der Waals surface area contributed by atoms with E-state index in [2.05, 4.69) is 10.2 Å². The minimum absolute atomic E-state index is 0.0901. The van der Waals surface area contributed by atoms with Gasteiger partial charge in [0.1, 0.15) is 17.3 Å². The fourth-order valence-electron chi connectivity index (χ4n) is 3.07. The molecule has 26 heavy (non-hydrogen) atoms. The summed E-state index contributed by atoms with van der Waals surface area (Å²) in [5.41, 5.74) is 0.212. The Morgan fingerprint density at radius 3 is 2.73 bits per heavy atom. The van der Waals surface area contributed by atoms with Crippen molar-refractivity contribution in [2.75, 3.05) is 32.8 Å². The Kier molecular flexibility index (Phi) is 6.29. The number of carbonyl (C=O) groups excluding carboxylic acids is 1. The molecule has 1 aliphatic heterocycles. The summed E-state index contributed by atoms with van der Waals surface area (Å²) in [7, 11) is 0. The number of halogens is 2. The number of carbonyl (C=O) groups is 1. The molecule has 140 valence electrons. The zero-order valence-electron chi connectivity index (χ0n) is 14.6. The predicted octanol–water partition coefficient (Wildman–Crippen LogP) is 3.11. The standard InChI is InChI=1S/C19H22ClFN2O3/c1-13-5-6-18(26-13)17(23-7-9-25-10-8-23)12-22-19(24)11-14-15(20)3-2-4-16(14)21/h2-6,17H,7-12H2,1H3,(H,22,24). The highest BCUT2D eigenvalue weighted by Gasteiger charge is 2.26. The van der Waals surface area contributed by atoms with E-state index in [1.165, 1.54) is 12.1 Å². The van der Waals surface area contributed by atoms with Gasteiger partial charge in [0.2, 0.25) is 5.91 Å². The molecular formula is C19H22ClFN2O3. The number of rotatable bonds is 6. The minimum Gasteiger partial charge on any atom is -0.465 e. The second kappa shape index (κ2) is 8.66. The summed E-state index contributed by atoms with van der Waals surface area (Å²) < 4.78 is 25.0. The van der Waals surface area contributed by atoms with Gasteiger partial charge in [-0.1, -0.05) is 17.7 Å². The van der Waals surface area contributed by atoms with Crippen LogP contribution in [0.4, 0.5) is 4.39 Å². The maximum absolute atomic E-state index is 13.9. The lowest BCUT2D eigenvalue weighted by molar-refractivity contribution is -0.120. The lowest BCUT2D eigenvalue weighted by atomic mass is 10.1. The number of nitrogens with one attached hydrogen (secondary N) is 1. The van der Waals surface area contributed by atoms with Gasteiger partial charge in [0.15, 0.2) is 0 Å². The van der Waals surface area contributed by atoms with Gasteiger partial charge in [-0.3, -0.25) is 9.69 Å². The first-order chi connectivity index (χ1) is 12.5. The smallest absolute Gasteiger partial charge is 0.224 e. The number of benzene rings is 1. The van der Waals surface area contributed by atoms with Crippen molar-refractivity contribution >= 4 is 17.5 Å². The van der Waals surface area contributed by atoms with Crippen molar-refractivity contribution in [3.8, 4) is 0 Å². The third kappa shape index (κ3) is 4.63. The molecule has 1 atom stereocenters. The summed E-state index contributed by atoms with van der Waals surface area (Å²) in [6.45, 7) is 5.08. The zero-order chi connectivity index (χ0) is 18.5. The van der Waals surface area contributed by atoms with Crippen molar-refractivity contribution < 1.29 is 18.3 Å². The van der Waals surface area contributed by atoms with Gasteiger partial charge in [0, 0.05) is 30.2 Å². The summed E-state index contributed by atoms with van der Waals surface area (Å²) >= 11 is 6.00.